The average Bonchev–Trinajstić information content (AvgIpc) is 2.60. The molecule has 8 heteroatoms. The van der Waals surface area contributed by atoms with Crippen LogP contribution in [0.5, 0.6) is 11.5 Å². The van der Waals surface area contributed by atoms with Gasteiger partial charge in [0.05, 0.1) is 29.5 Å². The van der Waals surface area contributed by atoms with Gasteiger partial charge >= 0.3 is 6.18 Å². The Morgan fingerprint density at radius 2 is 1.88 bits per heavy atom. The standard InChI is InChI=1S/C18H15F3N2O3/c1-2-25-16-9-12(10-22)7-8-15(16)26-11-17(24)23-14-6-4-3-5-13(14)18(19,20)21/h3-9H,2,11H2,1H3,(H,23,24). The van der Waals surface area contributed by atoms with E-state index in [4.69, 9.17) is 14.7 Å². The normalized spacial score (nSPS) is 10.7. The topological polar surface area (TPSA) is 71.3 Å². The second kappa shape index (κ2) is 8.25. The Labute approximate surface area is 148 Å². The van der Waals surface area contributed by atoms with E-state index in [1.165, 1.54) is 30.3 Å². The van der Waals surface area contributed by atoms with Crippen molar-refractivity contribution >= 4 is 11.6 Å². The lowest BCUT2D eigenvalue weighted by Gasteiger charge is -2.15. The highest BCUT2D eigenvalue weighted by molar-refractivity contribution is 5.92. The summed E-state index contributed by atoms with van der Waals surface area (Å²) in [5.74, 6) is -0.270. The van der Waals surface area contributed by atoms with E-state index in [1.807, 2.05) is 6.07 Å². The van der Waals surface area contributed by atoms with Crippen molar-refractivity contribution in [3.8, 4) is 17.6 Å². The fourth-order valence-electron chi connectivity index (χ4n) is 2.13. The zero-order valence-electron chi connectivity index (χ0n) is 13.8. The molecule has 0 aliphatic heterocycles. The molecule has 0 heterocycles. The number of carbonyl (C=O) groups excluding carboxylic acids is 1. The van der Waals surface area contributed by atoms with Gasteiger partial charge in [0.2, 0.25) is 0 Å². The van der Waals surface area contributed by atoms with Crippen LogP contribution in [0.15, 0.2) is 42.5 Å². The van der Waals surface area contributed by atoms with Crippen LogP contribution in [0.2, 0.25) is 0 Å². The molecule has 26 heavy (non-hydrogen) atoms. The monoisotopic (exact) mass is 364 g/mol. The predicted molar refractivity (Wildman–Crippen MR) is 87.9 cm³/mol. The molecule has 2 aromatic rings. The summed E-state index contributed by atoms with van der Waals surface area (Å²) in [5, 5.41) is 11.1. The van der Waals surface area contributed by atoms with Crippen LogP contribution in [-0.4, -0.2) is 19.1 Å². The Morgan fingerprint density at radius 3 is 2.54 bits per heavy atom. The zero-order chi connectivity index (χ0) is 19.2. The predicted octanol–water partition coefficient (Wildman–Crippen LogP) is 3.99. The van der Waals surface area contributed by atoms with Crippen LogP contribution in [0.3, 0.4) is 0 Å². The summed E-state index contributed by atoms with van der Waals surface area (Å²) in [6.45, 7) is 1.54. The van der Waals surface area contributed by atoms with Crippen molar-refractivity contribution in [1.29, 1.82) is 5.26 Å². The van der Waals surface area contributed by atoms with Gasteiger partial charge in [0.25, 0.3) is 5.91 Å². The average molecular weight is 364 g/mol. The maximum absolute atomic E-state index is 12.9. The molecular weight excluding hydrogens is 349 g/mol. The molecule has 0 bridgehead atoms. The summed E-state index contributed by atoms with van der Waals surface area (Å²) in [5.41, 5.74) is -0.940. The molecule has 5 nitrogen and oxygen atoms in total. The van der Waals surface area contributed by atoms with Gasteiger partial charge in [-0.3, -0.25) is 4.79 Å². The van der Waals surface area contributed by atoms with E-state index in [9.17, 15) is 18.0 Å². The lowest BCUT2D eigenvalue weighted by molar-refractivity contribution is -0.137. The molecule has 1 N–H and O–H groups in total. The number of nitrogens with one attached hydrogen (secondary N) is 1. The van der Waals surface area contributed by atoms with E-state index in [-0.39, 0.29) is 17.2 Å². The molecule has 1 amide bonds. The van der Waals surface area contributed by atoms with Crippen LogP contribution in [0.1, 0.15) is 18.1 Å². The van der Waals surface area contributed by atoms with Crippen molar-refractivity contribution in [1.82, 2.24) is 0 Å². The number of benzene rings is 2. The minimum absolute atomic E-state index is 0.213. The number of amides is 1. The highest BCUT2D eigenvalue weighted by atomic mass is 19.4. The molecule has 0 aliphatic rings. The number of para-hydroxylation sites is 1. The molecule has 0 atom stereocenters. The number of anilines is 1. The molecule has 0 radical (unpaired) electrons. The van der Waals surface area contributed by atoms with Crippen LogP contribution in [0.25, 0.3) is 0 Å². The Bertz CT molecular complexity index is 829. The van der Waals surface area contributed by atoms with Crippen LogP contribution in [0, 0.1) is 11.3 Å². The molecule has 0 fully saturated rings. The summed E-state index contributed by atoms with van der Waals surface area (Å²) < 4.78 is 49.5. The van der Waals surface area contributed by atoms with E-state index in [1.54, 1.807) is 6.92 Å². The van der Waals surface area contributed by atoms with Gasteiger partial charge in [0.15, 0.2) is 18.1 Å². The molecular formula is C18H15F3N2O3. The molecule has 0 spiro atoms. The lowest BCUT2D eigenvalue weighted by atomic mass is 10.1. The van der Waals surface area contributed by atoms with Crippen molar-refractivity contribution in [2.24, 2.45) is 0 Å². The summed E-state index contributed by atoms with van der Waals surface area (Å²) in [6.07, 6.45) is -4.58. The van der Waals surface area contributed by atoms with Gasteiger partial charge in [0.1, 0.15) is 0 Å². The van der Waals surface area contributed by atoms with Crippen LogP contribution >= 0.6 is 0 Å². The quantitative estimate of drug-likeness (QED) is 0.841. The first-order valence-electron chi connectivity index (χ1n) is 7.61. The number of nitriles is 1. The Balaban J connectivity index is 2.08. The highest BCUT2D eigenvalue weighted by Gasteiger charge is 2.33. The van der Waals surface area contributed by atoms with Gasteiger partial charge in [-0.05, 0) is 31.2 Å². The highest BCUT2D eigenvalue weighted by Crippen LogP contribution is 2.34. The minimum Gasteiger partial charge on any atom is -0.490 e. The number of carbonyl (C=O) groups is 1. The molecule has 136 valence electrons. The Hall–Kier alpha value is -3.21. The van der Waals surface area contributed by atoms with E-state index in [0.717, 1.165) is 12.1 Å². The molecule has 0 saturated carbocycles. The van der Waals surface area contributed by atoms with Gasteiger partial charge in [-0.25, -0.2) is 0 Å². The number of halogens is 3. The van der Waals surface area contributed by atoms with Crippen molar-refractivity contribution in [3.63, 3.8) is 0 Å². The molecule has 2 aromatic carbocycles. The van der Waals surface area contributed by atoms with Gasteiger partial charge < -0.3 is 14.8 Å². The minimum atomic E-state index is -4.58. The first-order valence-corrected chi connectivity index (χ1v) is 7.61. The smallest absolute Gasteiger partial charge is 0.418 e. The molecule has 2 rings (SSSR count). The third-order valence-electron chi connectivity index (χ3n) is 3.24. The molecule has 0 aliphatic carbocycles. The Morgan fingerprint density at radius 1 is 1.15 bits per heavy atom. The lowest BCUT2D eigenvalue weighted by Crippen LogP contribution is -2.22. The van der Waals surface area contributed by atoms with E-state index in [0.29, 0.717) is 12.2 Å². The van der Waals surface area contributed by atoms with Crippen LogP contribution < -0.4 is 14.8 Å². The van der Waals surface area contributed by atoms with Gasteiger partial charge in [-0.2, -0.15) is 18.4 Å². The van der Waals surface area contributed by atoms with Crippen LogP contribution in [-0.2, 0) is 11.0 Å². The van der Waals surface area contributed by atoms with Crippen molar-refractivity contribution in [2.45, 2.75) is 13.1 Å². The summed E-state index contributed by atoms with van der Waals surface area (Å²) in [7, 11) is 0. The second-order valence-electron chi connectivity index (χ2n) is 5.09. The van der Waals surface area contributed by atoms with Crippen molar-refractivity contribution in [2.75, 3.05) is 18.5 Å². The van der Waals surface area contributed by atoms with Gasteiger partial charge in [0, 0.05) is 6.07 Å². The summed E-state index contributed by atoms with van der Waals surface area (Å²) >= 11 is 0. The largest absolute Gasteiger partial charge is 0.490 e. The SMILES string of the molecule is CCOc1cc(C#N)ccc1OCC(=O)Nc1ccccc1C(F)(F)F. The first-order chi connectivity index (χ1) is 12.3. The third-order valence-corrected chi connectivity index (χ3v) is 3.24. The second-order valence-corrected chi connectivity index (χ2v) is 5.09. The summed E-state index contributed by atoms with van der Waals surface area (Å²) in [6, 6.07) is 11.0. The number of ether oxygens (including phenoxy) is 2. The van der Waals surface area contributed by atoms with Crippen molar-refractivity contribution in [3.05, 3.63) is 53.6 Å². The van der Waals surface area contributed by atoms with Gasteiger partial charge in [-0.15, -0.1) is 0 Å². The number of nitrogens with zero attached hydrogens (tertiary/aromatic N) is 1. The number of hydrogen-bond acceptors (Lipinski definition) is 4. The fraction of sp³-hybridized carbons (Fsp3) is 0.222. The molecule has 0 saturated heterocycles. The first kappa shape index (κ1) is 19.1. The number of hydrogen-bond donors (Lipinski definition) is 1. The summed E-state index contributed by atoms with van der Waals surface area (Å²) in [4.78, 5) is 12.0. The fourth-order valence-corrected chi connectivity index (χ4v) is 2.13. The third kappa shape index (κ3) is 4.89. The molecule has 0 aromatic heterocycles. The van der Waals surface area contributed by atoms with Gasteiger partial charge in [-0.1, -0.05) is 12.1 Å². The maximum Gasteiger partial charge on any atom is 0.418 e. The van der Waals surface area contributed by atoms with E-state index >= 15 is 0 Å². The zero-order valence-corrected chi connectivity index (χ0v) is 13.8. The van der Waals surface area contributed by atoms with E-state index in [2.05, 4.69) is 5.32 Å². The Kier molecular flexibility index (Phi) is 6.07. The van der Waals surface area contributed by atoms with E-state index < -0.39 is 24.3 Å². The maximum atomic E-state index is 12.9. The molecule has 0 unspecified atom stereocenters. The number of rotatable bonds is 6. The van der Waals surface area contributed by atoms with Crippen molar-refractivity contribution < 1.29 is 27.4 Å². The number of alkyl halides is 3. The van der Waals surface area contributed by atoms with Crippen LogP contribution in [0.4, 0.5) is 18.9 Å².